The van der Waals surface area contributed by atoms with E-state index in [0.29, 0.717) is 12.2 Å². The molecule has 1 aliphatic rings. The van der Waals surface area contributed by atoms with E-state index in [4.69, 9.17) is 4.74 Å². The highest BCUT2D eigenvalue weighted by Crippen LogP contribution is 2.26. The number of aromatic hydroxyl groups is 2. The van der Waals surface area contributed by atoms with E-state index in [9.17, 15) is 29.9 Å². The summed E-state index contributed by atoms with van der Waals surface area (Å²) in [5.74, 6) is -1.82. The molecule has 10 nitrogen and oxygen atoms in total. The highest BCUT2D eigenvalue weighted by molar-refractivity contribution is 6.02. The highest BCUT2D eigenvalue weighted by Gasteiger charge is 2.30. The Bertz CT molecular complexity index is 1170. The Morgan fingerprint density at radius 2 is 1.72 bits per heavy atom. The second-order valence-electron chi connectivity index (χ2n) is 8.29. The molecule has 3 N–H and O–H groups in total. The summed E-state index contributed by atoms with van der Waals surface area (Å²) in [6.07, 6.45) is 1.33. The fraction of sp³-hybridized carbons (Fsp3) is 0.308. The van der Waals surface area contributed by atoms with Gasteiger partial charge in [-0.2, -0.15) is 5.26 Å². The van der Waals surface area contributed by atoms with E-state index >= 15 is 0 Å². The first kappa shape index (κ1) is 26.2. The number of piperazine rings is 1. The van der Waals surface area contributed by atoms with Crippen molar-refractivity contribution >= 4 is 23.8 Å². The van der Waals surface area contributed by atoms with Crippen LogP contribution in [0.25, 0.3) is 6.08 Å². The standard InChI is InChI=1S/C26H28N4O6/c1-18(31)28-22(17-36-16-19-5-3-2-4-6-19)26(35)30-11-9-29(10-12-30)25(34)21(15-27)13-20-7-8-23(32)24(33)14-20/h2-8,13-14,22,32-33H,9-12,16-17H2,1H3,(H,28,31)/b21-13+. The number of hydrogen-bond donors (Lipinski definition) is 3. The molecular formula is C26H28N4O6. The molecular weight excluding hydrogens is 464 g/mol. The first-order valence-corrected chi connectivity index (χ1v) is 11.4. The van der Waals surface area contributed by atoms with Crippen molar-refractivity contribution in [3.63, 3.8) is 0 Å². The summed E-state index contributed by atoms with van der Waals surface area (Å²) in [5, 5.41) is 31.2. The van der Waals surface area contributed by atoms with Crippen LogP contribution >= 0.6 is 0 Å². The van der Waals surface area contributed by atoms with Crippen LogP contribution in [-0.2, 0) is 25.7 Å². The lowest BCUT2D eigenvalue weighted by Gasteiger charge is -2.36. The van der Waals surface area contributed by atoms with Crippen molar-refractivity contribution in [2.45, 2.75) is 19.6 Å². The van der Waals surface area contributed by atoms with Gasteiger partial charge in [0.1, 0.15) is 17.7 Å². The largest absolute Gasteiger partial charge is 0.504 e. The van der Waals surface area contributed by atoms with Gasteiger partial charge in [-0.1, -0.05) is 36.4 Å². The zero-order valence-electron chi connectivity index (χ0n) is 19.9. The molecule has 1 heterocycles. The van der Waals surface area contributed by atoms with Crippen LogP contribution in [0.15, 0.2) is 54.1 Å². The summed E-state index contributed by atoms with van der Waals surface area (Å²) in [5.41, 5.74) is 1.20. The predicted molar refractivity (Wildman–Crippen MR) is 130 cm³/mol. The maximum absolute atomic E-state index is 13.1. The first-order chi connectivity index (χ1) is 17.3. The van der Waals surface area contributed by atoms with Gasteiger partial charge in [-0.3, -0.25) is 14.4 Å². The molecule has 36 heavy (non-hydrogen) atoms. The van der Waals surface area contributed by atoms with Crippen LogP contribution in [0.5, 0.6) is 11.5 Å². The van der Waals surface area contributed by atoms with Gasteiger partial charge in [-0.25, -0.2) is 0 Å². The lowest BCUT2D eigenvalue weighted by atomic mass is 10.1. The zero-order valence-corrected chi connectivity index (χ0v) is 19.9. The minimum atomic E-state index is -0.856. The lowest BCUT2D eigenvalue weighted by molar-refractivity contribution is -0.142. The Labute approximate surface area is 209 Å². The van der Waals surface area contributed by atoms with Crippen molar-refractivity contribution in [1.82, 2.24) is 15.1 Å². The maximum Gasteiger partial charge on any atom is 0.264 e. The molecule has 10 heteroatoms. The molecule has 0 radical (unpaired) electrons. The summed E-state index contributed by atoms with van der Waals surface area (Å²) in [6.45, 7) is 2.53. The van der Waals surface area contributed by atoms with Gasteiger partial charge in [0.15, 0.2) is 11.5 Å². The van der Waals surface area contributed by atoms with Crippen LogP contribution in [0.2, 0.25) is 0 Å². The van der Waals surface area contributed by atoms with E-state index in [2.05, 4.69) is 5.32 Å². The SMILES string of the molecule is CC(=O)NC(COCc1ccccc1)C(=O)N1CCN(C(=O)/C(C#N)=C/c2ccc(O)c(O)c2)CC1. The molecule has 0 aromatic heterocycles. The van der Waals surface area contributed by atoms with Gasteiger partial charge in [-0.05, 0) is 29.3 Å². The monoisotopic (exact) mass is 492 g/mol. The summed E-state index contributed by atoms with van der Waals surface area (Å²) in [4.78, 5) is 40.6. The molecule has 1 saturated heterocycles. The predicted octanol–water partition coefficient (Wildman–Crippen LogP) is 1.40. The van der Waals surface area contributed by atoms with Gasteiger partial charge in [0.05, 0.1) is 13.2 Å². The number of nitriles is 1. The average Bonchev–Trinajstić information content (AvgIpc) is 2.88. The summed E-state index contributed by atoms with van der Waals surface area (Å²) in [6, 6.07) is 14.5. The summed E-state index contributed by atoms with van der Waals surface area (Å²) < 4.78 is 5.67. The van der Waals surface area contributed by atoms with Crippen LogP contribution in [0.3, 0.4) is 0 Å². The fourth-order valence-corrected chi connectivity index (χ4v) is 3.75. The maximum atomic E-state index is 13.1. The zero-order chi connectivity index (χ0) is 26.1. The second-order valence-corrected chi connectivity index (χ2v) is 8.29. The number of ether oxygens (including phenoxy) is 1. The minimum absolute atomic E-state index is 0.00719. The molecule has 0 saturated carbocycles. The molecule has 2 aromatic rings. The van der Waals surface area contributed by atoms with Crippen molar-refractivity contribution in [1.29, 1.82) is 5.26 Å². The quantitative estimate of drug-likeness (QED) is 0.287. The number of benzene rings is 2. The van der Waals surface area contributed by atoms with Crippen molar-refractivity contribution in [3.8, 4) is 17.6 Å². The van der Waals surface area contributed by atoms with Crippen molar-refractivity contribution in [2.75, 3.05) is 32.8 Å². The van der Waals surface area contributed by atoms with E-state index in [1.165, 1.54) is 36.1 Å². The fourth-order valence-electron chi connectivity index (χ4n) is 3.75. The molecule has 0 aliphatic carbocycles. The Morgan fingerprint density at radius 1 is 1.06 bits per heavy atom. The number of rotatable bonds is 8. The van der Waals surface area contributed by atoms with Gasteiger partial charge in [0.2, 0.25) is 11.8 Å². The van der Waals surface area contributed by atoms with Gasteiger partial charge in [0.25, 0.3) is 5.91 Å². The van der Waals surface area contributed by atoms with Gasteiger partial charge in [0, 0.05) is 33.1 Å². The van der Waals surface area contributed by atoms with Crippen LogP contribution in [0.4, 0.5) is 0 Å². The Kier molecular flexibility index (Phi) is 9.02. The molecule has 0 spiro atoms. The van der Waals surface area contributed by atoms with Crippen LogP contribution in [-0.4, -0.2) is 76.6 Å². The number of amides is 3. The summed E-state index contributed by atoms with van der Waals surface area (Å²) in [7, 11) is 0. The Hall–Kier alpha value is -4.36. The third kappa shape index (κ3) is 7.07. The third-order valence-corrected chi connectivity index (χ3v) is 5.61. The number of nitrogens with one attached hydrogen (secondary N) is 1. The second kappa shape index (κ2) is 12.4. The Morgan fingerprint density at radius 3 is 2.33 bits per heavy atom. The van der Waals surface area contributed by atoms with Crippen molar-refractivity contribution in [2.24, 2.45) is 0 Å². The molecule has 2 aromatic carbocycles. The molecule has 3 rings (SSSR count). The number of phenols is 2. The highest BCUT2D eigenvalue weighted by atomic mass is 16.5. The molecule has 0 bridgehead atoms. The Balaban J connectivity index is 1.58. The van der Waals surface area contributed by atoms with Gasteiger partial charge in [-0.15, -0.1) is 0 Å². The van der Waals surface area contributed by atoms with E-state index < -0.39 is 11.9 Å². The van der Waals surface area contributed by atoms with Crippen molar-refractivity contribution in [3.05, 3.63) is 65.2 Å². The number of phenolic OH excluding ortho intramolecular Hbond substituents is 2. The normalized spacial score (nSPS) is 14.6. The molecule has 1 aliphatic heterocycles. The molecule has 188 valence electrons. The minimum Gasteiger partial charge on any atom is -0.504 e. The van der Waals surface area contributed by atoms with Crippen LogP contribution < -0.4 is 5.32 Å². The average molecular weight is 493 g/mol. The van der Waals surface area contributed by atoms with Crippen LogP contribution in [0.1, 0.15) is 18.1 Å². The third-order valence-electron chi connectivity index (χ3n) is 5.61. The molecule has 1 fully saturated rings. The molecule has 1 atom stereocenters. The van der Waals surface area contributed by atoms with E-state index in [-0.39, 0.29) is 61.7 Å². The topological polar surface area (TPSA) is 143 Å². The number of nitrogens with zero attached hydrogens (tertiary/aromatic N) is 3. The molecule has 3 amide bonds. The lowest BCUT2D eigenvalue weighted by Crippen LogP contribution is -2.56. The van der Waals surface area contributed by atoms with Gasteiger partial charge < -0.3 is 30.1 Å². The first-order valence-electron chi connectivity index (χ1n) is 11.4. The van der Waals surface area contributed by atoms with E-state index in [1.54, 1.807) is 4.90 Å². The number of carbonyl (C=O) groups is 3. The van der Waals surface area contributed by atoms with E-state index in [1.807, 2.05) is 36.4 Å². The smallest absolute Gasteiger partial charge is 0.264 e. The summed E-state index contributed by atoms with van der Waals surface area (Å²) >= 11 is 0. The van der Waals surface area contributed by atoms with Crippen molar-refractivity contribution < 1.29 is 29.3 Å². The molecule has 1 unspecified atom stereocenters. The van der Waals surface area contributed by atoms with Gasteiger partial charge >= 0.3 is 0 Å². The number of carbonyl (C=O) groups excluding carboxylic acids is 3. The van der Waals surface area contributed by atoms with Crippen LogP contribution in [0, 0.1) is 11.3 Å². The number of hydrogen-bond acceptors (Lipinski definition) is 7. The van der Waals surface area contributed by atoms with E-state index in [0.717, 1.165) is 5.56 Å².